The summed E-state index contributed by atoms with van der Waals surface area (Å²) < 4.78 is 0. The molecule has 1 aliphatic heterocycles. The molecule has 0 aliphatic carbocycles. The van der Waals surface area contributed by atoms with Crippen LogP contribution in [0.2, 0.25) is 0 Å². The first kappa shape index (κ1) is 17.9. The maximum Gasteiger partial charge on any atom is 0.275 e. The SMILES string of the molecule is CN(C)CCN(Cc1ccccc1)C1=C(c2ccccc2)C(=O)NC1=O. The molecule has 2 amide bonds. The summed E-state index contributed by atoms with van der Waals surface area (Å²) in [6, 6.07) is 19.3. The summed E-state index contributed by atoms with van der Waals surface area (Å²) in [7, 11) is 3.99. The predicted molar refractivity (Wildman–Crippen MR) is 102 cm³/mol. The van der Waals surface area contributed by atoms with Gasteiger partial charge in [0.15, 0.2) is 0 Å². The molecule has 0 atom stereocenters. The Bertz CT molecular complexity index is 814. The first-order valence-electron chi connectivity index (χ1n) is 8.65. The molecule has 2 aromatic carbocycles. The van der Waals surface area contributed by atoms with Crippen molar-refractivity contribution in [2.24, 2.45) is 0 Å². The van der Waals surface area contributed by atoms with Crippen molar-refractivity contribution < 1.29 is 9.59 Å². The van der Waals surface area contributed by atoms with Gasteiger partial charge in [-0.25, -0.2) is 0 Å². The van der Waals surface area contributed by atoms with E-state index in [2.05, 4.69) is 10.2 Å². The molecule has 0 saturated carbocycles. The van der Waals surface area contributed by atoms with Gasteiger partial charge in [-0.05, 0) is 25.2 Å². The van der Waals surface area contributed by atoms with Crippen molar-refractivity contribution in [2.75, 3.05) is 27.2 Å². The highest BCUT2D eigenvalue weighted by molar-refractivity contribution is 6.35. The van der Waals surface area contributed by atoms with E-state index in [9.17, 15) is 9.59 Å². The van der Waals surface area contributed by atoms with Crippen LogP contribution >= 0.6 is 0 Å². The van der Waals surface area contributed by atoms with Gasteiger partial charge < -0.3 is 9.80 Å². The van der Waals surface area contributed by atoms with E-state index in [1.807, 2.05) is 79.7 Å². The molecule has 0 saturated heterocycles. The zero-order valence-corrected chi connectivity index (χ0v) is 15.1. The van der Waals surface area contributed by atoms with Crippen LogP contribution in [0.5, 0.6) is 0 Å². The van der Waals surface area contributed by atoms with E-state index in [0.717, 1.165) is 17.7 Å². The molecule has 26 heavy (non-hydrogen) atoms. The molecule has 1 N–H and O–H groups in total. The number of amides is 2. The number of carbonyl (C=O) groups is 2. The summed E-state index contributed by atoms with van der Waals surface area (Å²) >= 11 is 0. The fourth-order valence-electron chi connectivity index (χ4n) is 3.01. The van der Waals surface area contributed by atoms with Crippen molar-refractivity contribution in [3.05, 3.63) is 77.5 Å². The molecule has 5 heteroatoms. The van der Waals surface area contributed by atoms with Gasteiger partial charge in [0, 0.05) is 19.6 Å². The summed E-state index contributed by atoms with van der Waals surface area (Å²) in [6.07, 6.45) is 0. The van der Waals surface area contributed by atoms with Crippen molar-refractivity contribution in [2.45, 2.75) is 6.54 Å². The minimum atomic E-state index is -0.334. The molecule has 0 unspecified atom stereocenters. The fraction of sp³-hybridized carbons (Fsp3) is 0.238. The summed E-state index contributed by atoms with van der Waals surface area (Å²) in [5.41, 5.74) is 2.75. The van der Waals surface area contributed by atoms with Crippen LogP contribution < -0.4 is 5.32 Å². The molecule has 5 nitrogen and oxygen atoms in total. The number of benzene rings is 2. The Morgan fingerprint density at radius 2 is 1.42 bits per heavy atom. The lowest BCUT2D eigenvalue weighted by Crippen LogP contribution is -2.35. The van der Waals surface area contributed by atoms with Gasteiger partial charge in [-0.2, -0.15) is 0 Å². The lowest BCUT2D eigenvalue weighted by molar-refractivity contribution is -0.124. The van der Waals surface area contributed by atoms with Crippen LogP contribution in [0, 0.1) is 0 Å². The van der Waals surface area contributed by atoms with Gasteiger partial charge in [-0.15, -0.1) is 0 Å². The Hall–Kier alpha value is -2.92. The average Bonchev–Trinajstić information content (AvgIpc) is 2.94. The van der Waals surface area contributed by atoms with Crippen LogP contribution in [0.1, 0.15) is 11.1 Å². The van der Waals surface area contributed by atoms with Gasteiger partial charge in [-0.1, -0.05) is 60.7 Å². The molecule has 0 spiro atoms. The first-order valence-corrected chi connectivity index (χ1v) is 8.65. The number of hydrogen-bond acceptors (Lipinski definition) is 4. The lowest BCUT2D eigenvalue weighted by atomic mass is 10.0. The Balaban J connectivity index is 2.02. The van der Waals surface area contributed by atoms with Crippen molar-refractivity contribution in [1.29, 1.82) is 0 Å². The molecule has 0 bridgehead atoms. The second-order valence-electron chi connectivity index (χ2n) is 6.58. The Kier molecular flexibility index (Phi) is 5.49. The number of likely N-dealkylation sites (N-methyl/N-ethyl adjacent to an activating group) is 1. The highest BCUT2D eigenvalue weighted by atomic mass is 16.2. The monoisotopic (exact) mass is 349 g/mol. The van der Waals surface area contributed by atoms with Crippen LogP contribution in [-0.4, -0.2) is 48.8 Å². The summed E-state index contributed by atoms with van der Waals surface area (Å²) in [5, 5.41) is 2.46. The van der Waals surface area contributed by atoms with Crippen molar-refractivity contribution in [3.63, 3.8) is 0 Å². The normalized spacial score (nSPS) is 14.1. The number of rotatable bonds is 7. The molecule has 0 radical (unpaired) electrons. The van der Waals surface area contributed by atoms with Gasteiger partial charge in [0.25, 0.3) is 11.8 Å². The zero-order chi connectivity index (χ0) is 18.5. The maximum atomic E-state index is 12.6. The topological polar surface area (TPSA) is 52.6 Å². The molecule has 3 rings (SSSR count). The van der Waals surface area contributed by atoms with Crippen molar-refractivity contribution in [1.82, 2.24) is 15.1 Å². The zero-order valence-electron chi connectivity index (χ0n) is 15.1. The molecule has 1 aliphatic rings. The Morgan fingerprint density at radius 1 is 0.808 bits per heavy atom. The van der Waals surface area contributed by atoms with Gasteiger partial charge in [0.1, 0.15) is 5.70 Å². The Morgan fingerprint density at radius 3 is 2.04 bits per heavy atom. The predicted octanol–water partition coefficient (Wildman–Crippen LogP) is 2.12. The molecule has 2 aromatic rings. The number of carbonyl (C=O) groups excluding carboxylic acids is 2. The highest BCUT2D eigenvalue weighted by Gasteiger charge is 2.34. The van der Waals surface area contributed by atoms with E-state index in [-0.39, 0.29) is 11.8 Å². The largest absolute Gasteiger partial charge is 0.361 e. The number of hydrogen-bond donors (Lipinski definition) is 1. The first-order chi connectivity index (χ1) is 12.6. The van der Waals surface area contributed by atoms with Crippen molar-refractivity contribution in [3.8, 4) is 0 Å². The van der Waals surface area contributed by atoms with Gasteiger partial charge >= 0.3 is 0 Å². The number of imide groups is 1. The fourth-order valence-corrected chi connectivity index (χ4v) is 3.01. The summed E-state index contributed by atoms with van der Waals surface area (Å²) in [5.74, 6) is -0.664. The van der Waals surface area contributed by atoms with Gasteiger partial charge in [-0.3, -0.25) is 14.9 Å². The Labute approximate surface area is 153 Å². The van der Waals surface area contributed by atoms with Gasteiger partial charge in [0.2, 0.25) is 0 Å². The van der Waals surface area contributed by atoms with Crippen LogP contribution in [0.15, 0.2) is 66.4 Å². The quantitative estimate of drug-likeness (QED) is 0.778. The van der Waals surface area contributed by atoms with E-state index in [1.165, 1.54) is 0 Å². The molecule has 1 heterocycles. The third-order valence-electron chi connectivity index (χ3n) is 4.32. The minimum Gasteiger partial charge on any atom is -0.361 e. The number of nitrogens with zero attached hydrogens (tertiary/aromatic N) is 2. The van der Waals surface area contributed by atoms with E-state index >= 15 is 0 Å². The van der Waals surface area contributed by atoms with E-state index < -0.39 is 0 Å². The van der Waals surface area contributed by atoms with Crippen LogP contribution in [0.4, 0.5) is 0 Å². The van der Waals surface area contributed by atoms with E-state index in [4.69, 9.17) is 0 Å². The maximum absolute atomic E-state index is 12.6. The average molecular weight is 349 g/mol. The highest BCUT2D eigenvalue weighted by Crippen LogP contribution is 2.27. The van der Waals surface area contributed by atoms with Crippen molar-refractivity contribution >= 4 is 17.4 Å². The smallest absolute Gasteiger partial charge is 0.275 e. The third-order valence-corrected chi connectivity index (χ3v) is 4.32. The molecule has 134 valence electrons. The summed E-state index contributed by atoms with van der Waals surface area (Å²) in [4.78, 5) is 29.1. The molecule has 0 aromatic heterocycles. The van der Waals surface area contributed by atoms with Crippen LogP contribution in [-0.2, 0) is 16.1 Å². The number of nitrogens with one attached hydrogen (secondary N) is 1. The van der Waals surface area contributed by atoms with Crippen LogP contribution in [0.25, 0.3) is 5.57 Å². The minimum absolute atomic E-state index is 0.330. The van der Waals surface area contributed by atoms with Crippen LogP contribution in [0.3, 0.4) is 0 Å². The van der Waals surface area contributed by atoms with Gasteiger partial charge in [0.05, 0.1) is 5.57 Å². The molecular weight excluding hydrogens is 326 g/mol. The van der Waals surface area contributed by atoms with E-state index in [0.29, 0.717) is 24.4 Å². The second-order valence-corrected chi connectivity index (χ2v) is 6.58. The summed E-state index contributed by atoms with van der Waals surface area (Å²) in [6.45, 7) is 2.00. The third kappa shape index (κ3) is 4.00. The molecular formula is C21H23N3O2. The standard InChI is InChI=1S/C21H23N3O2/c1-23(2)13-14-24(15-16-9-5-3-6-10-16)19-18(20(25)22-21(19)26)17-11-7-4-8-12-17/h3-12H,13-15H2,1-2H3,(H,22,25,26). The lowest BCUT2D eigenvalue weighted by Gasteiger charge is -2.27. The second kappa shape index (κ2) is 7.97. The molecule has 0 fully saturated rings. The van der Waals surface area contributed by atoms with E-state index in [1.54, 1.807) is 0 Å².